The fraction of sp³-hybridized carbons (Fsp3) is 0.889. The first-order valence-corrected chi connectivity index (χ1v) is 7.30. The van der Waals surface area contributed by atoms with Gasteiger partial charge in [0.2, 0.25) is 0 Å². The molecule has 98 valence electrons. The molecule has 0 aromatic carbocycles. The zero-order valence-electron chi connectivity index (χ0n) is 9.71. The zero-order valence-corrected chi connectivity index (χ0v) is 10.5. The molecule has 0 aromatic heterocycles. The van der Waals surface area contributed by atoms with Gasteiger partial charge in [0, 0.05) is 39.3 Å². The largest absolute Gasteiger partial charge is 0.325 e. The van der Waals surface area contributed by atoms with Gasteiger partial charge in [0.05, 0.1) is 0 Å². The number of carbonyl (C=O) groups excluding carboxylic acids is 1. The van der Waals surface area contributed by atoms with Crippen molar-refractivity contribution in [2.45, 2.75) is 12.8 Å². The van der Waals surface area contributed by atoms with Crippen molar-refractivity contribution in [3.63, 3.8) is 0 Å². The lowest BCUT2D eigenvalue weighted by Crippen LogP contribution is -2.54. The zero-order chi connectivity index (χ0) is 12.5. The lowest BCUT2D eigenvalue weighted by Gasteiger charge is -2.35. The molecule has 0 saturated carbocycles. The van der Waals surface area contributed by atoms with Crippen LogP contribution in [0.15, 0.2) is 0 Å². The maximum Gasteiger partial charge on any atom is 0.320 e. The Kier molecular flexibility index (Phi) is 3.55. The molecule has 2 N–H and O–H groups in total. The van der Waals surface area contributed by atoms with E-state index < -0.39 is 10.2 Å². The average molecular weight is 262 g/mol. The number of hydrogen-bond donors (Lipinski definition) is 1. The number of urea groups is 1. The molecule has 2 aliphatic rings. The van der Waals surface area contributed by atoms with Gasteiger partial charge >= 0.3 is 6.03 Å². The summed E-state index contributed by atoms with van der Waals surface area (Å²) in [4.78, 5) is 15.5. The van der Waals surface area contributed by atoms with E-state index in [1.165, 1.54) is 4.31 Å². The summed E-state index contributed by atoms with van der Waals surface area (Å²) in [6.45, 7) is 3.05. The third kappa shape index (κ3) is 2.88. The quantitative estimate of drug-likeness (QED) is 0.659. The van der Waals surface area contributed by atoms with E-state index in [4.69, 9.17) is 5.14 Å². The Hall–Kier alpha value is -0.860. The van der Waals surface area contributed by atoms with E-state index in [0.717, 1.165) is 25.9 Å². The van der Waals surface area contributed by atoms with Gasteiger partial charge in [-0.1, -0.05) is 0 Å². The minimum absolute atomic E-state index is 0.0246. The van der Waals surface area contributed by atoms with Crippen LogP contribution < -0.4 is 5.14 Å². The Morgan fingerprint density at radius 1 is 0.882 bits per heavy atom. The molecule has 2 rings (SSSR count). The van der Waals surface area contributed by atoms with Crippen molar-refractivity contribution in [1.82, 2.24) is 14.1 Å². The highest BCUT2D eigenvalue weighted by Crippen LogP contribution is 2.13. The lowest BCUT2D eigenvalue weighted by molar-refractivity contribution is 0.142. The van der Waals surface area contributed by atoms with Crippen LogP contribution in [0.25, 0.3) is 0 Å². The normalized spacial score (nSPS) is 23.1. The SMILES string of the molecule is NS(=O)(=O)N1CCN(C(=O)N2CCCC2)CC1. The molecule has 0 radical (unpaired) electrons. The monoisotopic (exact) mass is 262 g/mol. The fourth-order valence-electron chi connectivity index (χ4n) is 2.24. The van der Waals surface area contributed by atoms with Crippen LogP contribution >= 0.6 is 0 Å². The first-order chi connectivity index (χ1) is 7.98. The summed E-state index contributed by atoms with van der Waals surface area (Å²) in [6.07, 6.45) is 2.12. The van der Waals surface area contributed by atoms with Gasteiger partial charge in [-0.25, -0.2) is 9.93 Å². The molecule has 7 nitrogen and oxygen atoms in total. The van der Waals surface area contributed by atoms with Crippen molar-refractivity contribution < 1.29 is 13.2 Å². The summed E-state index contributed by atoms with van der Waals surface area (Å²) in [5.74, 6) is 0. The molecule has 0 bridgehead atoms. The summed E-state index contributed by atoms with van der Waals surface area (Å²) in [5.41, 5.74) is 0. The molecule has 2 heterocycles. The van der Waals surface area contributed by atoms with Gasteiger partial charge < -0.3 is 9.80 Å². The third-order valence-electron chi connectivity index (χ3n) is 3.25. The van der Waals surface area contributed by atoms with Crippen LogP contribution in [0.5, 0.6) is 0 Å². The van der Waals surface area contributed by atoms with E-state index in [-0.39, 0.29) is 6.03 Å². The van der Waals surface area contributed by atoms with Gasteiger partial charge in [0.15, 0.2) is 0 Å². The predicted octanol–water partition coefficient (Wildman–Crippen LogP) is -0.977. The van der Waals surface area contributed by atoms with Crippen LogP contribution in [-0.4, -0.2) is 67.8 Å². The molecule has 0 spiro atoms. The Bertz CT molecular complexity index is 383. The van der Waals surface area contributed by atoms with Crippen molar-refractivity contribution in [3.05, 3.63) is 0 Å². The van der Waals surface area contributed by atoms with E-state index in [1.54, 1.807) is 4.90 Å². The number of rotatable bonds is 1. The van der Waals surface area contributed by atoms with Crippen molar-refractivity contribution in [1.29, 1.82) is 0 Å². The molecular weight excluding hydrogens is 244 g/mol. The first-order valence-electron chi connectivity index (χ1n) is 5.80. The molecule has 17 heavy (non-hydrogen) atoms. The Labute approximate surface area is 101 Å². The fourth-order valence-corrected chi connectivity index (χ4v) is 2.91. The number of piperazine rings is 1. The summed E-state index contributed by atoms with van der Waals surface area (Å²) in [6, 6.07) is 0.0246. The Morgan fingerprint density at radius 3 is 1.82 bits per heavy atom. The number of nitrogens with zero attached hydrogens (tertiary/aromatic N) is 3. The van der Waals surface area contributed by atoms with E-state index in [9.17, 15) is 13.2 Å². The molecule has 2 aliphatic heterocycles. The second kappa shape index (κ2) is 4.79. The van der Waals surface area contributed by atoms with E-state index in [2.05, 4.69) is 0 Å². The molecule has 0 unspecified atom stereocenters. The number of amides is 2. The van der Waals surface area contributed by atoms with E-state index in [1.807, 2.05) is 4.90 Å². The predicted molar refractivity (Wildman–Crippen MR) is 62.5 cm³/mol. The second-order valence-corrected chi connectivity index (χ2v) is 5.95. The average Bonchev–Trinajstić information content (AvgIpc) is 2.80. The number of hydrogen-bond acceptors (Lipinski definition) is 3. The van der Waals surface area contributed by atoms with Gasteiger partial charge in [0.25, 0.3) is 10.2 Å². The molecule has 0 atom stereocenters. The summed E-state index contributed by atoms with van der Waals surface area (Å²) >= 11 is 0. The maximum atomic E-state index is 12.0. The van der Waals surface area contributed by atoms with Crippen molar-refractivity contribution >= 4 is 16.2 Å². The molecular formula is C9H18N4O3S. The maximum absolute atomic E-state index is 12.0. The highest BCUT2D eigenvalue weighted by Gasteiger charge is 2.29. The topological polar surface area (TPSA) is 87.0 Å². The van der Waals surface area contributed by atoms with Crippen LogP contribution in [0.1, 0.15) is 12.8 Å². The number of nitrogens with two attached hydrogens (primary N) is 1. The Morgan fingerprint density at radius 2 is 1.35 bits per heavy atom. The summed E-state index contributed by atoms with van der Waals surface area (Å²) < 4.78 is 23.4. The van der Waals surface area contributed by atoms with Gasteiger partial charge in [0.1, 0.15) is 0 Å². The van der Waals surface area contributed by atoms with Crippen molar-refractivity contribution in [2.75, 3.05) is 39.3 Å². The number of likely N-dealkylation sites (tertiary alicyclic amines) is 1. The molecule has 2 fully saturated rings. The van der Waals surface area contributed by atoms with Crippen molar-refractivity contribution in [2.24, 2.45) is 5.14 Å². The minimum Gasteiger partial charge on any atom is -0.325 e. The minimum atomic E-state index is -3.61. The van der Waals surface area contributed by atoms with Crippen LogP contribution in [0, 0.1) is 0 Å². The van der Waals surface area contributed by atoms with E-state index >= 15 is 0 Å². The van der Waals surface area contributed by atoms with Crippen LogP contribution in [0.4, 0.5) is 4.79 Å². The molecule has 2 saturated heterocycles. The van der Waals surface area contributed by atoms with E-state index in [0.29, 0.717) is 26.2 Å². The lowest BCUT2D eigenvalue weighted by atomic mass is 10.4. The smallest absolute Gasteiger partial charge is 0.320 e. The van der Waals surface area contributed by atoms with Crippen LogP contribution in [-0.2, 0) is 10.2 Å². The second-order valence-electron chi connectivity index (χ2n) is 4.41. The van der Waals surface area contributed by atoms with Gasteiger partial charge in [-0.2, -0.15) is 12.7 Å². The van der Waals surface area contributed by atoms with Crippen LogP contribution in [0.3, 0.4) is 0 Å². The van der Waals surface area contributed by atoms with Gasteiger partial charge in [-0.15, -0.1) is 0 Å². The molecule has 0 aliphatic carbocycles. The highest BCUT2D eigenvalue weighted by molar-refractivity contribution is 7.86. The van der Waals surface area contributed by atoms with Crippen molar-refractivity contribution in [3.8, 4) is 0 Å². The van der Waals surface area contributed by atoms with Gasteiger partial charge in [-0.05, 0) is 12.8 Å². The first kappa shape index (κ1) is 12.6. The molecule has 0 aromatic rings. The van der Waals surface area contributed by atoms with Crippen LogP contribution in [0.2, 0.25) is 0 Å². The summed E-state index contributed by atoms with van der Waals surface area (Å²) in [7, 11) is -3.61. The highest BCUT2D eigenvalue weighted by atomic mass is 32.2. The molecule has 2 amide bonds. The molecule has 8 heteroatoms. The Balaban J connectivity index is 1.88. The number of carbonyl (C=O) groups is 1. The van der Waals surface area contributed by atoms with Gasteiger partial charge in [-0.3, -0.25) is 0 Å². The standard InChI is InChI=1S/C9H18N4O3S/c10-17(15,16)13-7-5-12(6-8-13)9(14)11-3-1-2-4-11/h1-8H2,(H2,10,15,16). The third-order valence-corrected chi connectivity index (χ3v) is 4.33. The summed E-state index contributed by atoms with van der Waals surface area (Å²) in [5, 5.41) is 5.04.